The van der Waals surface area contributed by atoms with Gasteiger partial charge in [-0.15, -0.1) is 0 Å². The number of nitrogens with one attached hydrogen (secondary N) is 2. The van der Waals surface area contributed by atoms with Gasteiger partial charge in [-0.05, 0) is 68.0 Å². The summed E-state index contributed by atoms with van der Waals surface area (Å²) < 4.78 is 52.7. The highest BCUT2D eigenvalue weighted by Crippen LogP contribution is 2.38. The van der Waals surface area contributed by atoms with E-state index in [4.69, 9.17) is 14.6 Å². The second-order valence-corrected chi connectivity index (χ2v) is 9.24. The molecule has 3 N–H and O–H groups in total. The van der Waals surface area contributed by atoms with Gasteiger partial charge < -0.3 is 25.2 Å². The first-order valence-electron chi connectivity index (χ1n) is 12.1. The van der Waals surface area contributed by atoms with E-state index in [2.05, 4.69) is 10.6 Å². The van der Waals surface area contributed by atoms with Crippen LogP contribution in [0, 0.1) is 23.2 Å². The van der Waals surface area contributed by atoms with Crippen molar-refractivity contribution in [2.45, 2.75) is 37.9 Å². The van der Waals surface area contributed by atoms with E-state index >= 15 is 0 Å². The van der Waals surface area contributed by atoms with Crippen LogP contribution in [0.5, 0.6) is 5.75 Å². The number of carbonyl (C=O) groups excluding carboxylic acids is 1. The standard InChI is InChI=1S/C27H30F3N3O5/c1-37-15-23(20-11-17(13-31)5-10-24(20)38-2)33-22-9-8-19(12-21(22)27(28,29)30)25(34)32-14-16-3-6-18(7-4-16)26(35)36/h5,8-12,16,18,23,33H,3-4,6-7,14-15H2,1-2H3,(H,32,34)(H,35,36)/t16-,18-,23?. The SMILES string of the molecule is COCC(Nc1ccc(C(=O)NC[C@H]2CC[C@H](C(=O)O)CC2)cc1C(F)(F)F)c1cc(C#N)ccc1OC. The average molecular weight is 534 g/mol. The second-order valence-electron chi connectivity index (χ2n) is 9.24. The maximum atomic E-state index is 14.1. The van der Waals surface area contributed by atoms with Crippen molar-refractivity contribution < 1.29 is 37.3 Å². The Morgan fingerprint density at radius 2 is 1.84 bits per heavy atom. The lowest BCUT2D eigenvalue weighted by atomic mass is 9.82. The molecule has 1 amide bonds. The van der Waals surface area contributed by atoms with Crippen LogP contribution in [0.1, 0.15) is 58.8 Å². The first kappa shape index (κ1) is 28.8. The van der Waals surface area contributed by atoms with E-state index in [1.165, 1.54) is 32.4 Å². The Hall–Kier alpha value is -3.78. The molecule has 2 aromatic carbocycles. The Labute approximate surface area is 218 Å². The molecule has 204 valence electrons. The number of anilines is 1. The smallest absolute Gasteiger partial charge is 0.418 e. The number of hydrogen-bond donors (Lipinski definition) is 3. The lowest BCUT2D eigenvalue weighted by molar-refractivity contribution is -0.143. The number of carboxylic acid groups (broad SMARTS) is 1. The van der Waals surface area contributed by atoms with Crippen molar-refractivity contribution in [3.63, 3.8) is 0 Å². The van der Waals surface area contributed by atoms with Gasteiger partial charge in [-0.1, -0.05) is 0 Å². The van der Waals surface area contributed by atoms with Crippen LogP contribution >= 0.6 is 0 Å². The molecule has 0 spiro atoms. The quantitative estimate of drug-likeness (QED) is 0.393. The van der Waals surface area contributed by atoms with Crippen LogP contribution in [0.2, 0.25) is 0 Å². The first-order chi connectivity index (χ1) is 18.1. The predicted molar refractivity (Wildman–Crippen MR) is 133 cm³/mol. The van der Waals surface area contributed by atoms with Crippen molar-refractivity contribution in [1.82, 2.24) is 5.32 Å². The Morgan fingerprint density at radius 3 is 2.42 bits per heavy atom. The molecule has 38 heavy (non-hydrogen) atoms. The molecule has 2 aromatic rings. The Balaban J connectivity index is 1.80. The van der Waals surface area contributed by atoms with Gasteiger partial charge in [0.2, 0.25) is 0 Å². The van der Waals surface area contributed by atoms with Crippen LogP contribution in [0.4, 0.5) is 18.9 Å². The minimum atomic E-state index is -4.76. The molecule has 0 saturated heterocycles. The summed E-state index contributed by atoms with van der Waals surface area (Å²) in [6.45, 7) is 0.242. The molecule has 1 saturated carbocycles. The summed E-state index contributed by atoms with van der Waals surface area (Å²) in [5, 5.41) is 23.9. The Morgan fingerprint density at radius 1 is 1.13 bits per heavy atom. The maximum absolute atomic E-state index is 14.1. The van der Waals surface area contributed by atoms with E-state index in [-0.39, 0.29) is 36.2 Å². The molecule has 0 heterocycles. The van der Waals surface area contributed by atoms with Gasteiger partial charge in [-0.2, -0.15) is 18.4 Å². The average Bonchev–Trinajstić information content (AvgIpc) is 2.90. The topological polar surface area (TPSA) is 121 Å². The zero-order valence-corrected chi connectivity index (χ0v) is 21.1. The molecule has 3 rings (SSSR count). The number of aliphatic carboxylic acids is 1. The highest BCUT2D eigenvalue weighted by molar-refractivity contribution is 5.95. The number of amides is 1. The molecular weight excluding hydrogens is 503 g/mol. The monoisotopic (exact) mass is 533 g/mol. The van der Waals surface area contributed by atoms with Gasteiger partial charge in [0.25, 0.3) is 5.91 Å². The maximum Gasteiger partial charge on any atom is 0.418 e. The fourth-order valence-electron chi connectivity index (χ4n) is 4.64. The molecule has 1 fully saturated rings. The summed E-state index contributed by atoms with van der Waals surface area (Å²) in [6.07, 6.45) is -2.47. The third-order valence-electron chi connectivity index (χ3n) is 6.73. The van der Waals surface area contributed by atoms with Gasteiger partial charge in [0.15, 0.2) is 0 Å². The highest BCUT2D eigenvalue weighted by Gasteiger charge is 2.35. The predicted octanol–water partition coefficient (Wildman–Crippen LogP) is 5.01. The third-order valence-corrected chi connectivity index (χ3v) is 6.73. The lowest BCUT2D eigenvalue weighted by Gasteiger charge is -2.26. The number of nitrogens with zero attached hydrogens (tertiary/aromatic N) is 1. The molecule has 0 aromatic heterocycles. The molecule has 1 aliphatic carbocycles. The fourth-order valence-corrected chi connectivity index (χ4v) is 4.64. The number of alkyl halides is 3. The van der Waals surface area contributed by atoms with Crippen molar-refractivity contribution in [3.05, 3.63) is 58.7 Å². The van der Waals surface area contributed by atoms with Crippen molar-refractivity contribution >= 4 is 17.6 Å². The van der Waals surface area contributed by atoms with Crippen LogP contribution in [0.25, 0.3) is 0 Å². The van der Waals surface area contributed by atoms with E-state index in [0.29, 0.717) is 42.6 Å². The molecule has 8 nitrogen and oxygen atoms in total. The van der Waals surface area contributed by atoms with E-state index in [0.717, 1.165) is 6.07 Å². The largest absolute Gasteiger partial charge is 0.496 e. The lowest BCUT2D eigenvalue weighted by Crippen LogP contribution is -2.32. The van der Waals surface area contributed by atoms with E-state index in [1.807, 2.05) is 6.07 Å². The van der Waals surface area contributed by atoms with Gasteiger partial charge in [-0.25, -0.2) is 0 Å². The van der Waals surface area contributed by atoms with Crippen LogP contribution < -0.4 is 15.4 Å². The Bertz CT molecular complexity index is 1190. The number of halogens is 3. The molecule has 11 heteroatoms. The number of methoxy groups -OCH3 is 2. The summed E-state index contributed by atoms with van der Waals surface area (Å²) in [4.78, 5) is 23.8. The fraction of sp³-hybridized carbons (Fsp3) is 0.444. The van der Waals surface area contributed by atoms with Crippen molar-refractivity contribution in [2.75, 3.05) is 32.7 Å². The second kappa shape index (κ2) is 12.6. The number of nitriles is 1. The van der Waals surface area contributed by atoms with E-state index in [1.54, 1.807) is 12.1 Å². The molecular formula is C27H30F3N3O5. The van der Waals surface area contributed by atoms with Crippen LogP contribution in [-0.4, -0.2) is 44.4 Å². The summed E-state index contributed by atoms with van der Waals surface area (Å²) in [7, 11) is 2.82. The van der Waals surface area contributed by atoms with Crippen LogP contribution in [-0.2, 0) is 15.7 Å². The van der Waals surface area contributed by atoms with Gasteiger partial charge in [-0.3, -0.25) is 9.59 Å². The van der Waals surface area contributed by atoms with Gasteiger partial charge in [0.05, 0.1) is 42.9 Å². The number of hydrogen-bond acceptors (Lipinski definition) is 6. The van der Waals surface area contributed by atoms with Gasteiger partial charge in [0.1, 0.15) is 5.75 Å². The summed E-state index contributed by atoms with van der Waals surface area (Å²) in [5.41, 5.74) is -0.672. The number of ether oxygens (including phenoxy) is 2. The van der Waals surface area contributed by atoms with Crippen molar-refractivity contribution in [3.8, 4) is 11.8 Å². The third kappa shape index (κ3) is 7.16. The van der Waals surface area contributed by atoms with Crippen LogP contribution in [0.15, 0.2) is 36.4 Å². The number of carbonyl (C=O) groups is 2. The van der Waals surface area contributed by atoms with Crippen LogP contribution in [0.3, 0.4) is 0 Å². The number of carboxylic acids is 1. The molecule has 1 unspecified atom stereocenters. The zero-order chi connectivity index (χ0) is 27.9. The minimum absolute atomic E-state index is 0.0189. The van der Waals surface area contributed by atoms with Crippen molar-refractivity contribution in [1.29, 1.82) is 5.26 Å². The van der Waals surface area contributed by atoms with Gasteiger partial charge in [0, 0.05) is 30.5 Å². The highest BCUT2D eigenvalue weighted by atomic mass is 19.4. The molecule has 1 aliphatic rings. The number of benzene rings is 2. The molecule has 0 bridgehead atoms. The van der Waals surface area contributed by atoms with E-state index in [9.17, 15) is 28.0 Å². The minimum Gasteiger partial charge on any atom is -0.496 e. The zero-order valence-electron chi connectivity index (χ0n) is 21.1. The molecule has 0 aliphatic heterocycles. The molecule has 1 atom stereocenters. The van der Waals surface area contributed by atoms with Gasteiger partial charge >= 0.3 is 12.1 Å². The first-order valence-corrected chi connectivity index (χ1v) is 12.1. The van der Waals surface area contributed by atoms with E-state index < -0.39 is 29.7 Å². The molecule has 0 radical (unpaired) electrons. The summed E-state index contributed by atoms with van der Waals surface area (Å²) in [5.74, 6) is -1.41. The summed E-state index contributed by atoms with van der Waals surface area (Å²) in [6, 6.07) is 9.14. The Kier molecular flexibility index (Phi) is 9.58. The number of rotatable bonds is 10. The van der Waals surface area contributed by atoms with Crippen molar-refractivity contribution in [2.24, 2.45) is 11.8 Å². The normalized spacial score (nSPS) is 18.2. The summed E-state index contributed by atoms with van der Waals surface area (Å²) >= 11 is 0.